The van der Waals surface area contributed by atoms with Gasteiger partial charge in [-0.25, -0.2) is 4.79 Å². The van der Waals surface area contributed by atoms with Gasteiger partial charge in [0.15, 0.2) is 0 Å². The number of ether oxygens (including phenoxy) is 2. The highest BCUT2D eigenvalue weighted by molar-refractivity contribution is 5.59. The Morgan fingerprint density at radius 2 is 1.35 bits per heavy atom. The third kappa shape index (κ3) is 15.1. The highest BCUT2D eigenvalue weighted by Crippen LogP contribution is 2.10. The summed E-state index contributed by atoms with van der Waals surface area (Å²) in [4.78, 5) is 11.1. The minimum absolute atomic E-state index is 0.361. The summed E-state index contributed by atoms with van der Waals surface area (Å²) in [5.74, 6) is 0. The SMILES string of the molecule is C=CCCOC(=O)OCCCCCCCCCCCC. The smallest absolute Gasteiger partial charge is 0.434 e. The van der Waals surface area contributed by atoms with Gasteiger partial charge in [0.1, 0.15) is 0 Å². The molecule has 0 aliphatic heterocycles. The molecule has 0 N–H and O–H groups in total. The normalized spacial score (nSPS) is 10.2. The Morgan fingerprint density at radius 1 is 0.850 bits per heavy atom. The number of rotatable bonds is 14. The number of carbonyl (C=O) groups is 1. The van der Waals surface area contributed by atoms with Crippen molar-refractivity contribution in [3.63, 3.8) is 0 Å². The van der Waals surface area contributed by atoms with Crippen LogP contribution in [0, 0.1) is 0 Å². The van der Waals surface area contributed by atoms with Gasteiger partial charge in [-0.3, -0.25) is 0 Å². The Kier molecular flexibility index (Phi) is 15.3. The molecule has 0 aromatic rings. The molecule has 3 nitrogen and oxygen atoms in total. The van der Waals surface area contributed by atoms with Crippen LogP contribution < -0.4 is 0 Å². The van der Waals surface area contributed by atoms with E-state index in [4.69, 9.17) is 9.47 Å². The van der Waals surface area contributed by atoms with Crippen LogP contribution in [0.3, 0.4) is 0 Å². The van der Waals surface area contributed by atoms with Gasteiger partial charge < -0.3 is 9.47 Å². The lowest BCUT2D eigenvalue weighted by Gasteiger charge is -2.05. The Balaban J connectivity index is 3.08. The Morgan fingerprint density at radius 3 is 1.90 bits per heavy atom. The molecule has 0 aliphatic carbocycles. The average molecular weight is 284 g/mol. The van der Waals surface area contributed by atoms with Crippen LogP contribution in [0.2, 0.25) is 0 Å². The second-order valence-corrected chi connectivity index (χ2v) is 5.21. The van der Waals surface area contributed by atoms with Gasteiger partial charge in [-0.1, -0.05) is 70.8 Å². The summed E-state index contributed by atoms with van der Waals surface area (Å²) in [6, 6.07) is 0. The van der Waals surface area contributed by atoms with Crippen molar-refractivity contribution in [1.82, 2.24) is 0 Å². The molecule has 0 atom stereocenters. The predicted octanol–water partition coefficient (Wildman–Crippen LogP) is 5.64. The molecule has 0 unspecified atom stereocenters. The van der Waals surface area contributed by atoms with Gasteiger partial charge in [0.2, 0.25) is 0 Å². The average Bonchev–Trinajstić information content (AvgIpc) is 2.45. The van der Waals surface area contributed by atoms with Crippen molar-refractivity contribution in [1.29, 1.82) is 0 Å². The molecule has 3 heteroatoms. The predicted molar refractivity (Wildman–Crippen MR) is 84.0 cm³/mol. The van der Waals surface area contributed by atoms with E-state index in [1.165, 1.54) is 51.4 Å². The zero-order valence-corrected chi connectivity index (χ0v) is 13.2. The van der Waals surface area contributed by atoms with E-state index < -0.39 is 6.16 Å². The second kappa shape index (κ2) is 16.1. The summed E-state index contributed by atoms with van der Waals surface area (Å²) in [6.45, 7) is 6.64. The lowest BCUT2D eigenvalue weighted by molar-refractivity contribution is 0.0553. The molecule has 0 heterocycles. The molecular weight excluding hydrogens is 252 g/mol. The first-order valence-corrected chi connectivity index (χ1v) is 8.21. The topological polar surface area (TPSA) is 35.5 Å². The Hall–Kier alpha value is -0.990. The van der Waals surface area contributed by atoms with Crippen molar-refractivity contribution in [2.45, 2.75) is 77.6 Å². The Labute approximate surface area is 124 Å². The highest BCUT2D eigenvalue weighted by Gasteiger charge is 2.01. The van der Waals surface area contributed by atoms with E-state index >= 15 is 0 Å². The molecule has 0 amide bonds. The van der Waals surface area contributed by atoms with Crippen LogP contribution in [0.15, 0.2) is 12.7 Å². The van der Waals surface area contributed by atoms with Crippen molar-refractivity contribution in [3.8, 4) is 0 Å². The summed E-state index contributed by atoms with van der Waals surface area (Å²) < 4.78 is 9.81. The van der Waals surface area contributed by atoms with E-state index in [0.29, 0.717) is 19.6 Å². The molecule has 0 saturated carbocycles. The second-order valence-electron chi connectivity index (χ2n) is 5.21. The summed E-state index contributed by atoms with van der Waals surface area (Å²) in [7, 11) is 0. The van der Waals surface area contributed by atoms with Crippen LogP contribution in [-0.4, -0.2) is 19.4 Å². The van der Waals surface area contributed by atoms with Gasteiger partial charge in [0.05, 0.1) is 13.2 Å². The molecule has 20 heavy (non-hydrogen) atoms. The van der Waals surface area contributed by atoms with Gasteiger partial charge >= 0.3 is 6.16 Å². The van der Waals surface area contributed by atoms with E-state index in [9.17, 15) is 4.79 Å². The fraction of sp³-hybridized carbons (Fsp3) is 0.824. The molecule has 0 aliphatic rings. The van der Waals surface area contributed by atoms with Gasteiger partial charge in [0.25, 0.3) is 0 Å². The van der Waals surface area contributed by atoms with Crippen molar-refractivity contribution in [3.05, 3.63) is 12.7 Å². The largest absolute Gasteiger partial charge is 0.508 e. The fourth-order valence-electron chi connectivity index (χ4n) is 2.01. The zero-order valence-electron chi connectivity index (χ0n) is 13.2. The molecular formula is C17H32O3. The van der Waals surface area contributed by atoms with Crippen molar-refractivity contribution in [2.24, 2.45) is 0 Å². The third-order valence-electron chi connectivity index (χ3n) is 3.26. The van der Waals surface area contributed by atoms with E-state index in [1.807, 2.05) is 0 Å². The molecule has 0 spiro atoms. The first-order valence-electron chi connectivity index (χ1n) is 8.21. The summed E-state index contributed by atoms with van der Waals surface area (Å²) >= 11 is 0. The van der Waals surface area contributed by atoms with E-state index in [1.54, 1.807) is 6.08 Å². The quantitative estimate of drug-likeness (QED) is 0.235. The zero-order chi connectivity index (χ0) is 14.9. The fourth-order valence-corrected chi connectivity index (χ4v) is 2.01. The van der Waals surface area contributed by atoms with Crippen LogP contribution in [0.5, 0.6) is 0 Å². The monoisotopic (exact) mass is 284 g/mol. The maximum absolute atomic E-state index is 11.1. The first kappa shape index (κ1) is 19.0. The maximum atomic E-state index is 11.1. The van der Waals surface area contributed by atoms with E-state index in [0.717, 1.165) is 12.8 Å². The number of carbonyl (C=O) groups excluding carboxylic acids is 1. The van der Waals surface area contributed by atoms with E-state index in [-0.39, 0.29) is 0 Å². The summed E-state index contributed by atoms with van der Waals surface area (Å²) in [6.07, 6.45) is 14.6. The van der Waals surface area contributed by atoms with Gasteiger partial charge in [0, 0.05) is 0 Å². The van der Waals surface area contributed by atoms with Crippen LogP contribution >= 0.6 is 0 Å². The maximum Gasteiger partial charge on any atom is 0.508 e. The van der Waals surface area contributed by atoms with Crippen LogP contribution in [0.1, 0.15) is 77.6 Å². The Bertz CT molecular complexity index is 226. The van der Waals surface area contributed by atoms with Crippen LogP contribution in [-0.2, 0) is 9.47 Å². The summed E-state index contributed by atoms with van der Waals surface area (Å²) in [5.41, 5.74) is 0. The van der Waals surface area contributed by atoms with Crippen molar-refractivity contribution < 1.29 is 14.3 Å². The number of hydrogen-bond donors (Lipinski definition) is 0. The minimum atomic E-state index is -0.553. The van der Waals surface area contributed by atoms with Crippen molar-refractivity contribution in [2.75, 3.05) is 13.2 Å². The lowest BCUT2D eigenvalue weighted by atomic mass is 10.1. The minimum Gasteiger partial charge on any atom is -0.434 e. The van der Waals surface area contributed by atoms with Crippen LogP contribution in [0.4, 0.5) is 4.79 Å². The third-order valence-corrected chi connectivity index (χ3v) is 3.26. The van der Waals surface area contributed by atoms with Gasteiger partial charge in [-0.15, -0.1) is 6.58 Å². The molecule has 0 bridgehead atoms. The molecule has 0 fully saturated rings. The molecule has 0 rings (SSSR count). The number of unbranched alkanes of at least 4 members (excludes halogenated alkanes) is 9. The first-order chi connectivity index (χ1) is 9.81. The standard InChI is InChI=1S/C17H32O3/c1-3-5-7-8-9-10-11-12-13-14-16-20-17(18)19-15-6-4-2/h4H,2-3,5-16H2,1H3. The van der Waals surface area contributed by atoms with Crippen molar-refractivity contribution >= 4 is 6.16 Å². The molecule has 118 valence electrons. The molecule has 0 saturated heterocycles. The molecule has 0 aromatic heterocycles. The van der Waals surface area contributed by atoms with Crippen LogP contribution in [0.25, 0.3) is 0 Å². The van der Waals surface area contributed by atoms with Gasteiger partial charge in [-0.2, -0.15) is 0 Å². The highest BCUT2D eigenvalue weighted by atomic mass is 16.7. The summed E-state index contributed by atoms with van der Waals surface area (Å²) in [5, 5.41) is 0. The number of hydrogen-bond acceptors (Lipinski definition) is 3. The molecule has 0 aromatic carbocycles. The molecule has 0 radical (unpaired) electrons. The van der Waals surface area contributed by atoms with E-state index in [2.05, 4.69) is 13.5 Å². The van der Waals surface area contributed by atoms with Gasteiger partial charge in [-0.05, 0) is 12.8 Å². The lowest BCUT2D eigenvalue weighted by Crippen LogP contribution is -2.09.